The summed E-state index contributed by atoms with van der Waals surface area (Å²) in [7, 11) is 0. The van der Waals surface area contributed by atoms with Crippen LogP contribution < -0.4 is 5.73 Å². The zero-order chi connectivity index (χ0) is 14.8. The molecule has 0 amide bonds. The molecule has 21 heavy (non-hydrogen) atoms. The lowest BCUT2D eigenvalue weighted by Crippen LogP contribution is -2.50. The van der Waals surface area contributed by atoms with Crippen molar-refractivity contribution in [2.24, 2.45) is 11.7 Å². The number of likely N-dealkylation sites (tertiary alicyclic amines) is 1. The highest BCUT2D eigenvalue weighted by Crippen LogP contribution is 2.39. The third-order valence-electron chi connectivity index (χ3n) is 5.23. The number of fused-ring (bicyclic) bond motifs is 1. The maximum Gasteiger partial charge on any atom is 0.129 e. The number of nitrogens with zero attached hydrogens (tertiary/aromatic N) is 1. The SMILES string of the molecule is NCC(c1ccc(Cl)cc1F)N1CCCC2CCCCC21. The van der Waals surface area contributed by atoms with Crippen LogP contribution in [0.3, 0.4) is 0 Å². The van der Waals surface area contributed by atoms with Crippen LogP contribution in [0.15, 0.2) is 18.2 Å². The molecule has 2 N–H and O–H groups in total. The summed E-state index contributed by atoms with van der Waals surface area (Å²) >= 11 is 5.88. The van der Waals surface area contributed by atoms with Crippen molar-refractivity contribution in [2.75, 3.05) is 13.1 Å². The molecule has 4 heteroatoms. The van der Waals surface area contributed by atoms with Gasteiger partial charge >= 0.3 is 0 Å². The summed E-state index contributed by atoms with van der Waals surface area (Å²) in [5.41, 5.74) is 6.73. The van der Waals surface area contributed by atoms with Gasteiger partial charge in [-0.05, 0) is 50.3 Å². The van der Waals surface area contributed by atoms with Crippen molar-refractivity contribution in [3.8, 4) is 0 Å². The molecule has 1 aromatic carbocycles. The maximum atomic E-state index is 14.3. The van der Waals surface area contributed by atoms with Gasteiger partial charge in [-0.15, -0.1) is 0 Å². The first-order valence-electron chi connectivity index (χ1n) is 8.11. The normalized spacial score (nSPS) is 28.1. The summed E-state index contributed by atoms with van der Waals surface area (Å²) < 4.78 is 14.3. The number of benzene rings is 1. The minimum Gasteiger partial charge on any atom is -0.329 e. The van der Waals surface area contributed by atoms with Crippen LogP contribution in [0.2, 0.25) is 5.02 Å². The summed E-state index contributed by atoms with van der Waals surface area (Å²) in [4.78, 5) is 2.47. The Morgan fingerprint density at radius 3 is 2.76 bits per heavy atom. The molecule has 116 valence electrons. The van der Waals surface area contributed by atoms with Crippen LogP contribution >= 0.6 is 11.6 Å². The third-order valence-corrected chi connectivity index (χ3v) is 5.47. The van der Waals surface area contributed by atoms with Crippen LogP contribution in [0.25, 0.3) is 0 Å². The lowest BCUT2D eigenvalue weighted by Gasteiger charge is -2.47. The fourth-order valence-corrected chi connectivity index (χ4v) is 4.42. The maximum absolute atomic E-state index is 14.3. The molecule has 3 atom stereocenters. The van der Waals surface area contributed by atoms with E-state index in [9.17, 15) is 4.39 Å². The predicted molar refractivity (Wildman–Crippen MR) is 84.9 cm³/mol. The Balaban J connectivity index is 1.87. The minimum absolute atomic E-state index is 0.0202. The van der Waals surface area contributed by atoms with E-state index in [0.29, 0.717) is 23.2 Å². The van der Waals surface area contributed by atoms with Gasteiger partial charge < -0.3 is 5.73 Å². The molecule has 0 bridgehead atoms. The first kappa shape index (κ1) is 15.3. The van der Waals surface area contributed by atoms with Gasteiger partial charge in [0, 0.05) is 23.2 Å². The molecule has 3 rings (SSSR count). The van der Waals surface area contributed by atoms with Crippen molar-refractivity contribution < 1.29 is 4.39 Å². The Morgan fingerprint density at radius 1 is 1.24 bits per heavy atom. The Labute approximate surface area is 131 Å². The van der Waals surface area contributed by atoms with Crippen LogP contribution in [0, 0.1) is 11.7 Å². The highest BCUT2D eigenvalue weighted by molar-refractivity contribution is 6.30. The van der Waals surface area contributed by atoms with E-state index in [1.807, 2.05) is 6.07 Å². The van der Waals surface area contributed by atoms with Gasteiger partial charge in [-0.25, -0.2) is 4.39 Å². The average molecular weight is 311 g/mol. The number of hydrogen-bond donors (Lipinski definition) is 1. The zero-order valence-corrected chi connectivity index (χ0v) is 13.2. The monoisotopic (exact) mass is 310 g/mol. The lowest BCUT2D eigenvalue weighted by molar-refractivity contribution is 0.0265. The molecule has 1 saturated carbocycles. The summed E-state index contributed by atoms with van der Waals surface area (Å²) in [5.74, 6) is 0.549. The van der Waals surface area contributed by atoms with Crippen LogP contribution in [0.4, 0.5) is 4.39 Å². The van der Waals surface area contributed by atoms with E-state index in [0.717, 1.165) is 12.5 Å². The van der Waals surface area contributed by atoms with Crippen molar-refractivity contribution in [3.05, 3.63) is 34.6 Å². The molecular weight excluding hydrogens is 287 g/mol. The molecule has 1 aliphatic carbocycles. The molecule has 2 fully saturated rings. The van der Waals surface area contributed by atoms with Crippen molar-refractivity contribution >= 4 is 11.6 Å². The summed E-state index contributed by atoms with van der Waals surface area (Å²) in [6, 6.07) is 5.54. The van der Waals surface area contributed by atoms with E-state index in [4.69, 9.17) is 17.3 Å². The summed E-state index contributed by atoms with van der Waals surface area (Å²) in [6.45, 7) is 1.49. The molecule has 0 aromatic heterocycles. The van der Waals surface area contributed by atoms with E-state index >= 15 is 0 Å². The van der Waals surface area contributed by atoms with Gasteiger partial charge in [0.15, 0.2) is 0 Å². The van der Waals surface area contributed by atoms with Crippen LogP contribution in [-0.4, -0.2) is 24.0 Å². The molecule has 1 aromatic rings. The van der Waals surface area contributed by atoms with E-state index in [2.05, 4.69) is 4.90 Å². The summed E-state index contributed by atoms with van der Waals surface area (Å²) in [5, 5.41) is 0.446. The molecule has 3 unspecified atom stereocenters. The number of hydrogen-bond acceptors (Lipinski definition) is 2. The Bertz CT molecular complexity index is 492. The first-order valence-corrected chi connectivity index (χ1v) is 8.49. The molecule has 2 aliphatic rings. The zero-order valence-electron chi connectivity index (χ0n) is 12.4. The molecule has 2 nitrogen and oxygen atoms in total. The van der Waals surface area contributed by atoms with E-state index < -0.39 is 0 Å². The highest BCUT2D eigenvalue weighted by atomic mass is 35.5. The fraction of sp³-hybridized carbons (Fsp3) is 0.647. The quantitative estimate of drug-likeness (QED) is 0.909. The molecule has 1 aliphatic heterocycles. The molecule has 1 heterocycles. The second kappa shape index (κ2) is 6.64. The Hall–Kier alpha value is -0.640. The van der Waals surface area contributed by atoms with Crippen molar-refractivity contribution in [2.45, 2.75) is 50.6 Å². The van der Waals surface area contributed by atoms with Crippen molar-refractivity contribution in [1.82, 2.24) is 4.90 Å². The van der Waals surface area contributed by atoms with Crippen molar-refractivity contribution in [1.29, 1.82) is 0 Å². The largest absolute Gasteiger partial charge is 0.329 e. The van der Waals surface area contributed by atoms with Gasteiger partial charge in [0.2, 0.25) is 0 Å². The average Bonchev–Trinajstić information content (AvgIpc) is 2.50. The number of piperidine rings is 1. The van der Waals surface area contributed by atoms with Gasteiger partial charge in [0.05, 0.1) is 6.04 Å². The second-order valence-electron chi connectivity index (χ2n) is 6.41. The number of nitrogens with two attached hydrogens (primary N) is 1. The predicted octanol–water partition coefficient (Wildman–Crippen LogP) is 4.13. The molecule has 0 radical (unpaired) electrons. The summed E-state index contributed by atoms with van der Waals surface area (Å²) in [6.07, 6.45) is 7.71. The van der Waals surface area contributed by atoms with E-state index in [1.165, 1.54) is 44.6 Å². The third kappa shape index (κ3) is 3.10. The van der Waals surface area contributed by atoms with Crippen LogP contribution in [-0.2, 0) is 0 Å². The van der Waals surface area contributed by atoms with Gasteiger partial charge in [-0.1, -0.05) is 30.5 Å². The highest BCUT2D eigenvalue weighted by Gasteiger charge is 2.37. The van der Waals surface area contributed by atoms with Crippen molar-refractivity contribution in [3.63, 3.8) is 0 Å². The van der Waals surface area contributed by atoms with E-state index in [-0.39, 0.29) is 11.9 Å². The number of rotatable bonds is 3. The smallest absolute Gasteiger partial charge is 0.129 e. The molecule has 0 spiro atoms. The fourth-order valence-electron chi connectivity index (χ4n) is 4.26. The molecular formula is C17H24ClFN2. The van der Waals surface area contributed by atoms with E-state index in [1.54, 1.807) is 6.07 Å². The molecule has 1 saturated heterocycles. The van der Waals surface area contributed by atoms with Gasteiger partial charge in [-0.3, -0.25) is 4.90 Å². The van der Waals surface area contributed by atoms with Gasteiger partial charge in [0.1, 0.15) is 5.82 Å². The van der Waals surface area contributed by atoms with Crippen LogP contribution in [0.1, 0.15) is 50.1 Å². The second-order valence-corrected chi connectivity index (χ2v) is 6.85. The van der Waals surface area contributed by atoms with Gasteiger partial charge in [0.25, 0.3) is 0 Å². The Morgan fingerprint density at radius 2 is 2.00 bits per heavy atom. The lowest BCUT2D eigenvalue weighted by atomic mass is 9.77. The standard InChI is InChI=1S/C17H24ClFN2/c18-13-7-8-14(15(19)10-13)17(11-20)21-9-3-5-12-4-1-2-6-16(12)21/h7-8,10,12,16-17H,1-6,9,11,20H2. The topological polar surface area (TPSA) is 29.3 Å². The minimum atomic E-state index is -0.226. The van der Waals surface area contributed by atoms with Gasteiger partial charge in [-0.2, -0.15) is 0 Å². The number of halogens is 2. The first-order chi connectivity index (χ1) is 10.2. The Kier molecular flexibility index (Phi) is 4.82. The van der Waals surface area contributed by atoms with Crippen LogP contribution in [0.5, 0.6) is 0 Å².